The van der Waals surface area contributed by atoms with Crippen LogP contribution in [-0.2, 0) is 12.1 Å². The van der Waals surface area contributed by atoms with Crippen LogP contribution in [0.1, 0.15) is 11.4 Å². The van der Waals surface area contributed by atoms with Gasteiger partial charge < -0.3 is 5.73 Å². The van der Waals surface area contributed by atoms with Crippen LogP contribution in [0.25, 0.3) is 0 Å². The first-order valence-corrected chi connectivity index (χ1v) is 3.73. The average molecular weight is 212 g/mol. The Kier molecular flexibility index (Phi) is 2.60. The lowest BCUT2D eigenvalue weighted by Gasteiger charge is -2.06. The molecule has 0 amide bonds. The summed E-state index contributed by atoms with van der Waals surface area (Å²) in [6, 6.07) is 0. The van der Waals surface area contributed by atoms with Gasteiger partial charge in [0.15, 0.2) is 0 Å². The van der Waals surface area contributed by atoms with E-state index in [0.29, 0.717) is 0 Å². The van der Waals surface area contributed by atoms with Gasteiger partial charge in [-0.05, 0) is 0 Å². The SMILES string of the molecule is Nc1nc(C(F)(F)F)ncc1CCl. The summed E-state index contributed by atoms with van der Waals surface area (Å²) >= 11 is 5.36. The van der Waals surface area contributed by atoms with E-state index in [2.05, 4.69) is 9.97 Å². The first-order chi connectivity index (χ1) is 5.95. The van der Waals surface area contributed by atoms with Crippen molar-refractivity contribution in [1.82, 2.24) is 9.97 Å². The second-order valence-electron chi connectivity index (χ2n) is 2.24. The van der Waals surface area contributed by atoms with Gasteiger partial charge in [-0.15, -0.1) is 11.6 Å². The van der Waals surface area contributed by atoms with E-state index in [9.17, 15) is 13.2 Å². The van der Waals surface area contributed by atoms with Crippen LogP contribution >= 0.6 is 11.6 Å². The highest BCUT2D eigenvalue weighted by Crippen LogP contribution is 2.26. The number of halogens is 4. The lowest BCUT2D eigenvalue weighted by molar-refractivity contribution is -0.144. The topological polar surface area (TPSA) is 51.8 Å². The third-order valence-electron chi connectivity index (χ3n) is 1.30. The molecule has 0 aliphatic rings. The minimum atomic E-state index is -4.57. The Morgan fingerprint density at radius 3 is 2.46 bits per heavy atom. The van der Waals surface area contributed by atoms with E-state index < -0.39 is 12.0 Å². The summed E-state index contributed by atoms with van der Waals surface area (Å²) in [6.07, 6.45) is -3.60. The maximum Gasteiger partial charge on any atom is 0.451 e. The van der Waals surface area contributed by atoms with Crippen LogP contribution in [0.15, 0.2) is 6.20 Å². The zero-order chi connectivity index (χ0) is 10.1. The van der Waals surface area contributed by atoms with Gasteiger partial charge in [0, 0.05) is 11.8 Å². The molecule has 0 fully saturated rings. The Labute approximate surface area is 76.7 Å². The normalized spacial score (nSPS) is 11.7. The van der Waals surface area contributed by atoms with Gasteiger partial charge in [-0.1, -0.05) is 0 Å². The third-order valence-corrected chi connectivity index (χ3v) is 1.58. The standard InChI is InChI=1S/C6H5ClF3N3/c7-1-3-2-12-5(6(8,9)10)13-4(3)11/h2H,1H2,(H2,11,12,13). The molecular formula is C6H5ClF3N3. The number of hydrogen-bond acceptors (Lipinski definition) is 3. The van der Waals surface area contributed by atoms with Crippen LogP contribution < -0.4 is 5.73 Å². The number of aromatic nitrogens is 2. The molecule has 1 aromatic rings. The van der Waals surface area contributed by atoms with Crippen molar-refractivity contribution in [2.75, 3.05) is 5.73 Å². The van der Waals surface area contributed by atoms with E-state index in [4.69, 9.17) is 17.3 Å². The van der Waals surface area contributed by atoms with Crippen molar-refractivity contribution in [3.05, 3.63) is 17.6 Å². The molecule has 0 atom stereocenters. The molecule has 0 unspecified atom stereocenters. The van der Waals surface area contributed by atoms with Gasteiger partial charge >= 0.3 is 6.18 Å². The van der Waals surface area contributed by atoms with Gasteiger partial charge in [-0.25, -0.2) is 9.97 Å². The van der Waals surface area contributed by atoms with Crippen LogP contribution in [0, 0.1) is 0 Å². The molecule has 2 N–H and O–H groups in total. The lowest BCUT2D eigenvalue weighted by atomic mass is 10.3. The van der Waals surface area contributed by atoms with Crippen LogP contribution in [0.5, 0.6) is 0 Å². The van der Waals surface area contributed by atoms with Gasteiger partial charge in [0.25, 0.3) is 0 Å². The second-order valence-corrected chi connectivity index (χ2v) is 2.50. The monoisotopic (exact) mass is 211 g/mol. The van der Waals surface area contributed by atoms with E-state index in [0.717, 1.165) is 6.20 Å². The third kappa shape index (κ3) is 2.21. The van der Waals surface area contributed by atoms with Gasteiger partial charge in [-0.2, -0.15) is 13.2 Å². The van der Waals surface area contributed by atoms with Gasteiger partial charge in [-0.3, -0.25) is 0 Å². The van der Waals surface area contributed by atoms with Gasteiger partial charge in [0.2, 0.25) is 5.82 Å². The number of rotatable bonds is 1. The fraction of sp³-hybridized carbons (Fsp3) is 0.333. The van der Waals surface area contributed by atoms with Gasteiger partial charge in [0.1, 0.15) is 5.82 Å². The Hall–Kier alpha value is -1.04. The number of nitrogen functional groups attached to an aromatic ring is 1. The summed E-state index contributed by atoms with van der Waals surface area (Å²) in [5.41, 5.74) is 5.48. The molecular weight excluding hydrogens is 207 g/mol. The molecule has 0 bridgehead atoms. The fourth-order valence-corrected chi connectivity index (χ4v) is 0.865. The van der Waals surface area contributed by atoms with Crippen molar-refractivity contribution >= 4 is 17.4 Å². The molecule has 0 aliphatic carbocycles. The number of alkyl halides is 4. The van der Waals surface area contributed by atoms with E-state index >= 15 is 0 Å². The molecule has 0 aliphatic heterocycles. The molecule has 1 rings (SSSR count). The number of nitrogens with zero attached hydrogens (tertiary/aromatic N) is 2. The Morgan fingerprint density at radius 1 is 1.46 bits per heavy atom. The maximum absolute atomic E-state index is 12.0. The maximum atomic E-state index is 12.0. The van der Waals surface area contributed by atoms with Crippen LogP contribution in [0.3, 0.4) is 0 Å². The predicted octanol–water partition coefficient (Wildman–Crippen LogP) is 1.82. The highest BCUT2D eigenvalue weighted by molar-refractivity contribution is 6.17. The quantitative estimate of drug-likeness (QED) is 0.721. The molecule has 13 heavy (non-hydrogen) atoms. The molecule has 1 aromatic heterocycles. The molecule has 0 spiro atoms. The summed E-state index contributed by atoms with van der Waals surface area (Å²) < 4.78 is 36.0. The summed E-state index contributed by atoms with van der Waals surface area (Å²) in [7, 11) is 0. The van der Waals surface area contributed by atoms with Crippen LogP contribution in [0.2, 0.25) is 0 Å². The average Bonchev–Trinajstić information content (AvgIpc) is 2.02. The smallest absolute Gasteiger partial charge is 0.383 e. The molecule has 1 heterocycles. The molecule has 0 aromatic carbocycles. The number of nitrogens with two attached hydrogens (primary N) is 1. The predicted molar refractivity (Wildman–Crippen MR) is 41.0 cm³/mol. The molecule has 0 saturated carbocycles. The highest BCUT2D eigenvalue weighted by Gasteiger charge is 2.34. The minimum absolute atomic E-state index is 0.00995. The highest BCUT2D eigenvalue weighted by atomic mass is 35.5. The Bertz CT molecular complexity index is 312. The second kappa shape index (κ2) is 3.37. The van der Waals surface area contributed by atoms with E-state index in [-0.39, 0.29) is 17.3 Å². The van der Waals surface area contributed by atoms with Crippen LogP contribution in [-0.4, -0.2) is 9.97 Å². The van der Waals surface area contributed by atoms with Crippen molar-refractivity contribution in [1.29, 1.82) is 0 Å². The van der Waals surface area contributed by atoms with Crippen molar-refractivity contribution in [2.24, 2.45) is 0 Å². The van der Waals surface area contributed by atoms with E-state index in [1.54, 1.807) is 0 Å². The first kappa shape index (κ1) is 10.0. The van der Waals surface area contributed by atoms with E-state index in [1.807, 2.05) is 0 Å². The summed E-state index contributed by atoms with van der Waals surface area (Å²) in [4.78, 5) is 6.15. The molecule has 0 saturated heterocycles. The lowest BCUT2D eigenvalue weighted by Crippen LogP contribution is -2.13. The molecule has 72 valence electrons. The van der Waals surface area contributed by atoms with Crippen LogP contribution in [0.4, 0.5) is 19.0 Å². The summed E-state index contributed by atoms with van der Waals surface area (Å²) in [6.45, 7) is 0. The molecule has 3 nitrogen and oxygen atoms in total. The fourth-order valence-electron chi connectivity index (χ4n) is 0.659. The van der Waals surface area contributed by atoms with Crippen molar-refractivity contribution in [2.45, 2.75) is 12.1 Å². The zero-order valence-corrected chi connectivity index (χ0v) is 7.02. The van der Waals surface area contributed by atoms with Gasteiger partial charge in [0.05, 0.1) is 5.88 Å². The van der Waals surface area contributed by atoms with Crippen molar-refractivity contribution in [3.63, 3.8) is 0 Å². The minimum Gasteiger partial charge on any atom is -0.383 e. The first-order valence-electron chi connectivity index (χ1n) is 3.19. The van der Waals surface area contributed by atoms with Crippen molar-refractivity contribution in [3.8, 4) is 0 Å². The summed E-state index contributed by atoms with van der Waals surface area (Å²) in [5, 5.41) is 0. The summed E-state index contributed by atoms with van der Waals surface area (Å²) in [5.74, 6) is -1.50. The molecule has 0 radical (unpaired) electrons. The largest absolute Gasteiger partial charge is 0.451 e. The van der Waals surface area contributed by atoms with E-state index in [1.165, 1.54) is 0 Å². The molecule has 7 heteroatoms. The van der Waals surface area contributed by atoms with Crippen molar-refractivity contribution < 1.29 is 13.2 Å². The Balaban J connectivity index is 3.10. The Morgan fingerprint density at radius 2 is 2.08 bits per heavy atom. The zero-order valence-electron chi connectivity index (χ0n) is 6.27. The number of hydrogen-bond donors (Lipinski definition) is 1. The number of anilines is 1.